The van der Waals surface area contributed by atoms with Gasteiger partial charge in [-0.1, -0.05) is 0 Å². The van der Waals surface area contributed by atoms with E-state index < -0.39 is 11.8 Å². The van der Waals surface area contributed by atoms with Crippen molar-refractivity contribution in [2.75, 3.05) is 24.9 Å². The molecule has 10 heteroatoms. The summed E-state index contributed by atoms with van der Waals surface area (Å²) in [7, 11) is 3.08. The summed E-state index contributed by atoms with van der Waals surface area (Å²) < 4.78 is 33.0. The second-order valence-corrected chi connectivity index (χ2v) is 7.66. The summed E-state index contributed by atoms with van der Waals surface area (Å²) in [6.45, 7) is 3.94. The Hall–Kier alpha value is -4.34. The van der Waals surface area contributed by atoms with E-state index >= 15 is 0 Å². The van der Waals surface area contributed by atoms with Crippen molar-refractivity contribution in [3.63, 3.8) is 0 Å². The molecule has 0 unspecified atom stereocenters. The van der Waals surface area contributed by atoms with Crippen LogP contribution in [-0.2, 0) is 0 Å². The largest absolute Gasteiger partial charge is 0.493 e. The van der Waals surface area contributed by atoms with Gasteiger partial charge in [-0.25, -0.2) is 9.18 Å². The third-order valence-corrected chi connectivity index (χ3v) is 5.01. The van der Waals surface area contributed by atoms with E-state index in [0.29, 0.717) is 33.8 Å². The molecule has 0 fully saturated rings. The number of amides is 2. The molecule has 176 valence electrons. The predicted octanol–water partition coefficient (Wildman–Crippen LogP) is 5.60. The minimum Gasteiger partial charge on any atom is -0.493 e. The van der Waals surface area contributed by atoms with Crippen molar-refractivity contribution in [3.8, 4) is 23.0 Å². The van der Waals surface area contributed by atoms with E-state index in [-0.39, 0.29) is 17.5 Å². The number of nitrogens with zero attached hydrogens (tertiary/aromatic N) is 3. The van der Waals surface area contributed by atoms with Crippen LogP contribution in [-0.4, -0.2) is 35.0 Å². The average molecular weight is 465 g/mol. The fourth-order valence-corrected chi connectivity index (χ4v) is 3.29. The number of ether oxygens (including phenoxy) is 3. The number of halogens is 1. The molecule has 2 aromatic carbocycles. The van der Waals surface area contributed by atoms with Gasteiger partial charge in [-0.2, -0.15) is 5.10 Å². The van der Waals surface area contributed by atoms with Gasteiger partial charge in [0.15, 0.2) is 11.5 Å². The van der Waals surface area contributed by atoms with Gasteiger partial charge in [0.25, 0.3) is 0 Å². The van der Waals surface area contributed by atoms with Crippen molar-refractivity contribution in [1.82, 2.24) is 14.8 Å². The second-order valence-electron chi connectivity index (χ2n) is 7.66. The van der Waals surface area contributed by atoms with Gasteiger partial charge in [-0.05, 0) is 38.1 Å². The van der Waals surface area contributed by atoms with Crippen LogP contribution >= 0.6 is 0 Å². The molecule has 2 amide bonds. The molecule has 0 atom stereocenters. The Kier molecular flexibility index (Phi) is 6.48. The summed E-state index contributed by atoms with van der Waals surface area (Å²) in [5.41, 5.74) is 1.14. The summed E-state index contributed by atoms with van der Waals surface area (Å²) in [4.78, 5) is 16.6. The van der Waals surface area contributed by atoms with Gasteiger partial charge in [0.1, 0.15) is 17.3 Å². The summed E-state index contributed by atoms with van der Waals surface area (Å²) >= 11 is 0. The molecule has 0 aliphatic heterocycles. The van der Waals surface area contributed by atoms with Gasteiger partial charge < -0.3 is 24.8 Å². The third-order valence-electron chi connectivity index (χ3n) is 5.01. The van der Waals surface area contributed by atoms with Crippen LogP contribution in [0.4, 0.5) is 20.6 Å². The normalized spacial score (nSPS) is 10.9. The van der Waals surface area contributed by atoms with Crippen molar-refractivity contribution < 1.29 is 23.4 Å². The maximum Gasteiger partial charge on any atom is 0.323 e. The second kappa shape index (κ2) is 9.65. The standard InChI is InChI=1S/C24H24FN5O4/c1-14(2)30-13-15(12-27-30)28-24(31)29-19-6-5-16(9-18(19)25)34-21-7-8-26-20-11-23(33-4)22(32-3)10-17(20)21/h5-14H,1-4H3,(H2,28,29,31). The van der Waals surface area contributed by atoms with E-state index in [2.05, 4.69) is 20.7 Å². The number of hydrogen-bond donors (Lipinski definition) is 2. The van der Waals surface area contributed by atoms with E-state index in [1.165, 1.54) is 25.4 Å². The summed E-state index contributed by atoms with van der Waals surface area (Å²) in [6.07, 6.45) is 4.80. The fourth-order valence-electron chi connectivity index (χ4n) is 3.29. The lowest BCUT2D eigenvalue weighted by molar-refractivity contribution is 0.262. The highest BCUT2D eigenvalue weighted by molar-refractivity contribution is 5.99. The maximum atomic E-state index is 14.7. The molecule has 0 spiro atoms. The zero-order valence-electron chi connectivity index (χ0n) is 19.1. The lowest BCUT2D eigenvalue weighted by atomic mass is 10.2. The molecule has 2 N–H and O–H groups in total. The van der Waals surface area contributed by atoms with Crippen LogP contribution in [0, 0.1) is 5.82 Å². The molecule has 0 aliphatic rings. The summed E-state index contributed by atoms with van der Waals surface area (Å²) in [5, 5.41) is 9.94. The van der Waals surface area contributed by atoms with Gasteiger partial charge in [0, 0.05) is 36.0 Å². The van der Waals surface area contributed by atoms with Crippen LogP contribution in [0.3, 0.4) is 0 Å². The van der Waals surface area contributed by atoms with E-state index in [1.807, 2.05) is 13.8 Å². The van der Waals surface area contributed by atoms with E-state index in [0.717, 1.165) is 0 Å². The van der Waals surface area contributed by atoms with E-state index in [1.54, 1.807) is 48.5 Å². The molecule has 2 heterocycles. The number of rotatable bonds is 7. The van der Waals surface area contributed by atoms with Crippen LogP contribution in [0.5, 0.6) is 23.0 Å². The number of pyridine rings is 1. The number of carbonyl (C=O) groups is 1. The maximum absolute atomic E-state index is 14.7. The number of anilines is 2. The quantitative estimate of drug-likeness (QED) is 0.368. The van der Waals surface area contributed by atoms with Crippen molar-refractivity contribution in [2.45, 2.75) is 19.9 Å². The Morgan fingerprint density at radius 3 is 2.47 bits per heavy atom. The zero-order chi connectivity index (χ0) is 24.2. The monoisotopic (exact) mass is 465 g/mol. The fraction of sp³-hybridized carbons (Fsp3) is 0.208. The molecule has 0 bridgehead atoms. The Balaban J connectivity index is 1.50. The highest BCUT2D eigenvalue weighted by Crippen LogP contribution is 2.37. The van der Waals surface area contributed by atoms with Crippen LogP contribution in [0.1, 0.15) is 19.9 Å². The van der Waals surface area contributed by atoms with E-state index in [9.17, 15) is 9.18 Å². The van der Waals surface area contributed by atoms with Crippen LogP contribution < -0.4 is 24.8 Å². The first-order valence-corrected chi connectivity index (χ1v) is 10.5. The van der Waals surface area contributed by atoms with Crippen LogP contribution in [0.15, 0.2) is 55.0 Å². The number of benzene rings is 2. The first-order valence-electron chi connectivity index (χ1n) is 10.5. The number of aromatic nitrogens is 3. The Bertz CT molecular complexity index is 1340. The topological polar surface area (TPSA) is 99.5 Å². The molecule has 0 saturated heterocycles. The summed E-state index contributed by atoms with van der Waals surface area (Å²) in [6, 6.07) is 8.90. The zero-order valence-corrected chi connectivity index (χ0v) is 19.1. The molecule has 0 saturated carbocycles. The molecular weight excluding hydrogens is 441 g/mol. The van der Waals surface area contributed by atoms with Crippen LogP contribution in [0.25, 0.3) is 10.9 Å². The lowest BCUT2D eigenvalue weighted by Gasteiger charge is -2.13. The number of nitrogens with one attached hydrogen (secondary N) is 2. The van der Waals surface area contributed by atoms with Gasteiger partial charge in [0.05, 0.1) is 37.3 Å². The molecule has 0 aliphatic carbocycles. The molecule has 0 radical (unpaired) electrons. The predicted molar refractivity (Wildman–Crippen MR) is 127 cm³/mol. The molecule has 9 nitrogen and oxygen atoms in total. The average Bonchev–Trinajstić information content (AvgIpc) is 3.29. The first-order chi connectivity index (χ1) is 16.4. The summed E-state index contributed by atoms with van der Waals surface area (Å²) in [5.74, 6) is 1.12. The SMILES string of the molecule is COc1cc2nccc(Oc3ccc(NC(=O)Nc4cnn(C(C)C)c4)c(F)c3)c2cc1OC. The molecule has 4 aromatic rings. The highest BCUT2D eigenvalue weighted by Gasteiger charge is 2.14. The minimum absolute atomic E-state index is 0.00657. The van der Waals surface area contributed by atoms with Gasteiger partial charge in [0.2, 0.25) is 0 Å². The minimum atomic E-state index is -0.650. The third kappa shape index (κ3) is 4.85. The van der Waals surface area contributed by atoms with Gasteiger partial charge >= 0.3 is 6.03 Å². The molecule has 2 aromatic heterocycles. The van der Waals surface area contributed by atoms with Gasteiger partial charge in [-0.15, -0.1) is 0 Å². The Morgan fingerprint density at radius 1 is 1.03 bits per heavy atom. The number of methoxy groups -OCH3 is 2. The molecule has 34 heavy (non-hydrogen) atoms. The number of carbonyl (C=O) groups excluding carboxylic acids is 1. The van der Waals surface area contributed by atoms with Crippen molar-refractivity contribution >= 4 is 28.3 Å². The molecule has 4 rings (SSSR count). The number of fused-ring (bicyclic) bond motifs is 1. The van der Waals surface area contributed by atoms with Crippen molar-refractivity contribution in [1.29, 1.82) is 0 Å². The van der Waals surface area contributed by atoms with Gasteiger partial charge in [-0.3, -0.25) is 9.67 Å². The van der Waals surface area contributed by atoms with Crippen LogP contribution in [0.2, 0.25) is 0 Å². The first kappa shape index (κ1) is 22.8. The number of hydrogen-bond acceptors (Lipinski definition) is 6. The number of urea groups is 1. The Labute approximate surface area is 195 Å². The van der Waals surface area contributed by atoms with E-state index in [4.69, 9.17) is 14.2 Å². The lowest BCUT2D eigenvalue weighted by Crippen LogP contribution is -2.19. The van der Waals surface area contributed by atoms with Crippen molar-refractivity contribution in [2.24, 2.45) is 0 Å². The Morgan fingerprint density at radius 2 is 1.79 bits per heavy atom. The highest BCUT2D eigenvalue weighted by atomic mass is 19.1. The molecular formula is C24H24FN5O4. The smallest absolute Gasteiger partial charge is 0.323 e. The van der Waals surface area contributed by atoms with Crippen molar-refractivity contribution in [3.05, 3.63) is 60.8 Å².